The van der Waals surface area contributed by atoms with Crippen molar-refractivity contribution in [2.75, 3.05) is 5.32 Å². The van der Waals surface area contributed by atoms with E-state index in [0.717, 1.165) is 5.56 Å². The largest absolute Gasteiger partial charge is 0.476 e. The van der Waals surface area contributed by atoms with Crippen molar-refractivity contribution in [3.8, 4) is 0 Å². The molecule has 0 aliphatic carbocycles. The number of imidazole rings is 1. The van der Waals surface area contributed by atoms with Crippen LogP contribution < -0.4 is 5.32 Å². The first-order chi connectivity index (χ1) is 12.0. The molecule has 0 atom stereocenters. The van der Waals surface area contributed by atoms with Crippen LogP contribution in [0.5, 0.6) is 0 Å². The number of aromatic nitrogens is 2. The summed E-state index contributed by atoms with van der Waals surface area (Å²) in [6.07, 6.45) is 0.568. The standard InChI is InChI=1S/C16H11Cl2N3O4/c17-10-6-11(18)13-19-12(15(22)23)14(21(13)7-10)20-16(24)25-8-9-4-2-1-3-5-9/h1-7H,8H2,(H,20,24)(H,22,23). The number of amides is 1. The number of ether oxygens (including phenoxy) is 1. The number of rotatable bonds is 4. The predicted octanol–water partition coefficient (Wildman–Crippen LogP) is 4.09. The van der Waals surface area contributed by atoms with Crippen molar-refractivity contribution in [1.29, 1.82) is 0 Å². The van der Waals surface area contributed by atoms with Crippen LogP contribution >= 0.6 is 23.2 Å². The summed E-state index contributed by atoms with van der Waals surface area (Å²) in [5.74, 6) is -1.42. The monoisotopic (exact) mass is 379 g/mol. The second-order valence-electron chi connectivity index (χ2n) is 5.00. The third-order valence-corrected chi connectivity index (χ3v) is 3.76. The number of carbonyl (C=O) groups is 2. The zero-order valence-electron chi connectivity index (χ0n) is 12.6. The molecule has 0 fully saturated rings. The van der Waals surface area contributed by atoms with Gasteiger partial charge in [0.1, 0.15) is 6.61 Å². The highest BCUT2D eigenvalue weighted by Crippen LogP contribution is 2.27. The van der Waals surface area contributed by atoms with Gasteiger partial charge in [0.25, 0.3) is 0 Å². The molecule has 0 saturated carbocycles. The predicted molar refractivity (Wildman–Crippen MR) is 92.4 cm³/mol. The molecule has 3 rings (SSSR count). The molecule has 1 amide bonds. The van der Waals surface area contributed by atoms with Crippen molar-refractivity contribution in [2.24, 2.45) is 0 Å². The van der Waals surface area contributed by atoms with E-state index in [1.807, 2.05) is 18.2 Å². The fourth-order valence-electron chi connectivity index (χ4n) is 2.20. The van der Waals surface area contributed by atoms with Crippen LogP contribution in [0.1, 0.15) is 16.1 Å². The van der Waals surface area contributed by atoms with E-state index in [-0.39, 0.29) is 33.8 Å². The molecule has 2 N–H and O–H groups in total. The summed E-state index contributed by atoms with van der Waals surface area (Å²) in [4.78, 5) is 27.4. The number of hydrogen-bond donors (Lipinski definition) is 2. The molecule has 0 radical (unpaired) electrons. The molecule has 0 saturated heterocycles. The van der Waals surface area contributed by atoms with Gasteiger partial charge < -0.3 is 9.84 Å². The van der Waals surface area contributed by atoms with E-state index in [1.54, 1.807) is 12.1 Å². The Morgan fingerprint density at radius 3 is 2.64 bits per heavy atom. The molecule has 1 aromatic carbocycles. The lowest BCUT2D eigenvalue weighted by Gasteiger charge is -2.08. The fourth-order valence-corrected chi connectivity index (χ4v) is 2.71. The topological polar surface area (TPSA) is 92.9 Å². The van der Waals surface area contributed by atoms with E-state index in [0.29, 0.717) is 0 Å². The third-order valence-electron chi connectivity index (χ3n) is 3.28. The number of pyridine rings is 1. The van der Waals surface area contributed by atoms with Crippen LogP contribution in [-0.2, 0) is 11.3 Å². The number of carboxylic acid groups (broad SMARTS) is 1. The minimum Gasteiger partial charge on any atom is -0.476 e. The lowest BCUT2D eigenvalue weighted by Crippen LogP contribution is -2.17. The molecule has 128 valence electrons. The SMILES string of the molecule is O=C(Nc1c(C(=O)O)nc2c(Cl)cc(Cl)cn12)OCc1ccccc1. The maximum Gasteiger partial charge on any atom is 0.413 e. The Bertz CT molecular complexity index is 957. The lowest BCUT2D eigenvalue weighted by atomic mass is 10.2. The van der Waals surface area contributed by atoms with Crippen LogP contribution in [0.2, 0.25) is 10.0 Å². The van der Waals surface area contributed by atoms with Gasteiger partial charge in [-0.2, -0.15) is 0 Å². The van der Waals surface area contributed by atoms with Crippen molar-refractivity contribution in [1.82, 2.24) is 9.38 Å². The summed E-state index contributed by atoms with van der Waals surface area (Å²) < 4.78 is 6.39. The van der Waals surface area contributed by atoms with Gasteiger partial charge in [-0.25, -0.2) is 14.6 Å². The summed E-state index contributed by atoms with van der Waals surface area (Å²) in [5.41, 5.74) is 0.572. The van der Waals surface area contributed by atoms with Crippen LogP contribution in [-0.4, -0.2) is 26.6 Å². The number of carbonyl (C=O) groups excluding carboxylic acids is 1. The Labute approximate surface area is 151 Å². The van der Waals surface area contributed by atoms with Crippen LogP contribution in [0.15, 0.2) is 42.6 Å². The smallest absolute Gasteiger partial charge is 0.413 e. The molecular weight excluding hydrogens is 369 g/mol. The first-order valence-corrected chi connectivity index (χ1v) is 7.79. The highest BCUT2D eigenvalue weighted by molar-refractivity contribution is 6.36. The summed E-state index contributed by atoms with van der Waals surface area (Å²) in [6.45, 7) is 0.0350. The second kappa shape index (κ2) is 7.00. The first kappa shape index (κ1) is 17.1. The number of nitrogens with zero attached hydrogens (tertiary/aromatic N) is 2. The molecule has 25 heavy (non-hydrogen) atoms. The lowest BCUT2D eigenvalue weighted by molar-refractivity contribution is 0.0692. The normalized spacial score (nSPS) is 10.6. The molecule has 0 aliphatic heterocycles. The fraction of sp³-hybridized carbons (Fsp3) is 0.0625. The maximum atomic E-state index is 12.0. The number of halogens is 2. The number of fused-ring (bicyclic) bond motifs is 1. The molecule has 2 heterocycles. The summed E-state index contributed by atoms with van der Waals surface area (Å²) in [7, 11) is 0. The zero-order valence-corrected chi connectivity index (χ0v) is 14.1. The molecular formula is C16H11Cl2N3O4. The number of hydrogen-bond acceptors (Lipinski definition) is 4. The van der Waals surface area contributed by atoms with Gasteiger partial charge >= 0.3 is 12.1 Å². The third kappa shape index (κ3) is 3.67. The molecule has 0 unspecified atom stereocenters. The number of nitrogens with one attached hydrogen (secondary N) is 1. The second-order valence-corrected chi connectivity index (χ2v) is 5.84. The van der Waals surface area contributed by atoms with Gasteiger partial charge in [-0.1, -0.05) is 53.5 Å². The Morgan fingerprint density at radius 1 is 1.24 bits per heavy atom. The van der Waals surface area contributed by atoms with E-state index in [4.69, 9.17) is 27.9 Å². The van der Waals surface area contributed by atoms with Crippen molar-refractivity contribution in [2.45, 2.75) is 6.61 Å². The summed E-state index contributed by atoms with van der Waals surface area (Å²) >= 11 is 12.0. The minimum absolute atomic E-state index is 0.0350. The van der Waals surface area contributed by atoms with Gasteiger partial charge in [-0.15, -0.1) is 0 Å². The first-order valence-electron chi connectivity index (χ1n) is 7.04. The summed E-state index contributed by atoms with van der Waals surface area (Å²) in [5, 5.41) is 12.1. The van der Waals surface area contributed by atoms with Crippen molar-refractivity contribution < 1.29 is 19.4 Å². The average molecular weight is 380 g/mol. The number of carboxylic acids is 1. The molecule has 7 nitrogen and oxygen atoms in total. The zero-order chi connectivity index (χ0) is 18.0. The van der Waals surface area contributed by atoms with Crippen LogP contribution in [0.4, 0.5) is 10.6 Å². The summed E-state index contributed by atoms with van der Waals surface area (Å²) in [6, 6.07) is 10.5. The highest BCUT2D eigenvalue weighted by atomic mass is 35.5. The van der Waals surface area contributed by atoms with Crippen LogP contribution in [0, 0.1) is 0 Å². The van der Waals surface area contributed by atoms with Gasteiger partial charge in [-0.3, -0.25) is 9.72 Å². The maximum absolute atomic E-state index is 12.0. The minimum atomic E-state index is -1.32. The van der Waals surface area contributed by atoms with Gasteiger partial charge in [0, 0.05) is 6.20 Å². The highest BCUT2D eigenvalue weighted by Gasteiger charge is 2.22. The molecule has 9 heteroatoms. The molecule has 3 aromatic rings. The Balaban J connectivity index is 1.88. The van der Waals surface area contributed by atoms with Crippen molar-refractivity contribution in [3.05, 3.63) is 63.9 Å². The van der Waals surface area contributed by atoms with Gasteiger partial charge in [0.2, 0.25) is 0 Å². The van der Waals surface area contributed by atoms with E-state index >= 15 is 0 Å². The molecule has 0 aliphatic rings. The van der Waals surface area contributed by atoms with Gasteiger partial charge in [0.15, 0.2) is 17.2 Å². The molecule has 2 aromatic heterocycles. The molecule has 0 bridgehead atoms. The van der Waals surface area contributed by atoms with E-state index < -0.39 is 12.1 Å². The van der Waals surface area contributed by atoms with Crippen LogP contribution in [0.3, 0.4) is 0 Å². The Hall–Kier alpha value is -2.77. The average Bonchev–Trinajstić information content (AvgIpc) is 2.93. The number of benzene rings is 1. The number of anilines is 1. The van der Waals surface area contributed by atoms with E-state index in [9.17, 15) is 14.7 Å². The van der Waals surface area contributed by atoms with Crippen molar-refractivity contribution in [3.63, 3.8) is 0 Å². The Kier molecular flexibility index (Phi) is 4.78. The van der Waals surface area contributed by atoms with Crippen molar-refractivity contribution >= 4 is 46.7 Å². The quantitative estimate of drug-likeness (QED) is 0.711. The van der Waals surface area contributed by atoms with Gasteiger partial charge in [-0.05, 0) is 11.6 Å². The number of aromatic carboxylic acids is 1. The van der Waals surface area contributed by atoms with E-state index in [1.165, 1.54) is 16.7 Å². The van der Waals surface area contributed by atoms with Gasteiger partial charge in [0.05, 0.1) is 10.0 Å². The van der Waals surface area contributed by atoms with Crippen LogP contribution in [0.25, 0.3) is 5.65 Å². The Morgan fingerprint density at radius 2 is 1.96 bits per heavy atom. The molecule has 0 spiro atoms. The van der Waals surface area contributed by atoms with E-state index in [2.05, 4.69) is 10.3 Å².